The lowest BCUT2D eigenvalue weighted by atomic mass is 9.95. The predicted molar refractivity (Wildman–Crippen MR) is 62.6 cm³/mol. The maximum Gasteiger partial charge on any atom is 0.139 e. The topological polar surface area (TPSA) is 46.9 Å². The van der Waals surface area contributed by atoms with Gasteiger partial charge in [-0.15, -0.1) is 0 Å². The highest BCUT2D eigenvalue weighted by Crippen LogP contribution is 2.21. The second-order valence-electron chi connectivity index (χ2n) is 4.41. The molecule has 1 N–H and O–H groups in total. The summed E-state index contributed by atoms with van der Waals surface area (Å²) in [6.07, 6.45) is 1.04. The number of ketones is 1. The van der Waals surface area contributed by atoms with Gasteiger partial charge in [0.25, 0.3) is 0 Å². The van der Waals surface area contributed by atoms with E-state index in [0.29, 0.717) is 23.8 Å². The molecule has 5 heteroatoms. The molecule has 1 aliphatic heterocycles. The Kier molecular flexibility index (Phi) is 3.30. The highest BCUT2D eigenvalue weighted by atomic mass is 35.5. The zero-order valence-electron chi connectivity index (χ0n) is 9.59. The molecule has 88 valence electrons. The minimum absolute atomic E-state index is 0.247. The van der Waals surface area contributed by atoms with Gasteiger partial charge in [-0.05, 0) is 25.9 Å². The van der Waals surface area contributed by atoms with Gasteiger partial charge in [0.15, 0.2) is 0 Å². The number of aryl methyl sites for hydroxylation is 2. The molecule has 2 rings (SSSR count). The van der Waals surface area contributed by atoms with Crippen molar-refractivity contribution in [1.29, 1.82) is 0 Å². The summed E-state index contributed by atoms with van der Waals surface area (Å²) in [4.78, 5) is 11.8. The van der Waals surface area contributed by atoms with Crippen LogP contribution in [-0.4, -0.2) is 28.7 Å². The van der Waals surface area contributed by atoms with E-state index in [0.717, 1.165) is 24.5 Å². The van der Waals surface area contributed by atoms with E-state index in [-0.39, 0.29) is 5.78 Å². The van der Waals surface area contributed by atoms with Crippen molar-refractivity contribution in [2.24, 2.45) is 13.0 Å². The fraction of sp³-hybridized carbons (Fsp3) is 0.636. The Morgan fingerprint density at radius 1 is 1.62 bits per heavy atom. The first-order valence-corrected chi connectivity index (χ1v) is 5.86. The van der Waals surface area contributed by atoms with E-state index in [1.807, 2.05) is 14.0 Å². The minimum Gasteiger partial charge on any atom is -0.316 e. The van der Waals surface area contributed by atoms with Crippen LogP contribution in [0.15, 0.2) is 0 Å². The van der Waals surface area contributed by atoms with Crippen molar-refractivity contribution in [3.8, 4) is 0 Å². The fourth-order valence-corrected chi connectivity index (χ4v) is 2.17. The predicted octanol–water partition coefficient (Wildman–Crippen LogP) is 1.10. The number of aromatic nitrogens is 2. The van der Waals surface area contributed by atoms with Crippen LogP contribution in [0.5, 0.6) is 0 Å². The second kappa shape index (κ2) is 4.55. The van der Waals surface area contributed by atoms with Crippen LogP contribution in [0.1, 0.15) is 17.8 Å². The molecule has 0 radical (unpaired) electrons. The van der Waals surface area contributed by atoms with Crippen LogP contribution in [0.25, 0.3) is 0 Å². The molecule has 0 saturated carbocycles. The number of Topliss-reactive ketones (excluding diaryl/α,β-unsaturated/α-hetero) is 1. The first-order chi connectivity index (χ1) is 7.58. The number of nitrogens with one attached hydrogen (secondary N) is 1. The van der Waals surface area contributed by atoms with Crippen molar-refractivity contribution in [1.82, 2.24) is 15.1 Å². The van der Waals surface area contributed by atoms with E-state index in [9.17, 15) is 4.79 Å². The van der Waals surface area contributed by atoms with Gasteiger partial charge in [-0.25, -0.2) is 0 Å². The molecular formula is C11H16ClN3O. The van der Waals surface area contributed by atoms with E-state index in [1.165, 1.54) is 0 Å². The summed E-state index contributed by atoms with van der Waals surface area (Å²) < 4.78 is 1.70. The molecule has 0 amide bonds. The average molecular weight is 242 g/mol. The Morgan fingerprint density at radius 2 is 2.31 bits per heavy atom. The smallest absolute Gasteiger partial charge is 0.139 e. The quantitative estimate of drug-likeness (QED) is 0.859. The zero-order chi connectivity index (χ0) is 11.7. The Balaban J connectivity index is 1.99. The third kappa shape index (κ3) is 2.28. The summed E-state index contributed by atoms with van der Waals surface area (Å²) in [6.45, 7) is 3.78. The zero-order valence-corrected chi connectivity index (χ0v) is 10.3. The second-order valence-corrected chi connectivity index (χ2v) is 4.79. The van der Waals surface area contributed by atoms with Gasteiger partial charge in [0.1, 0.15) is 5.78 Å². The molecule has 1 saturated heterocycles. The highest BCUT2D eigenvalue weighted by molar-refractivity contribution is 6.32. The van der Waals surface area contributed by atoms with Crippen LogP contribution in [-0.2, 0) is 18.3 Å². The average Bonchev–Trinajstić information content (AvgIpc) is 2.39. The molecule has 1 aromatic heterocycles. The van der Waals surface area contributed by atoms with E-state index >= 15 is 0 Å². The van der Waals surface area contributed by atoms with E-state index in [2.05, 4.69) is 10.4 Å². The first kappa shape index (κ1) is 11.6. The Labute approximate surface area is 100.0 Å². The molecule has 1 aromatic rings. The summed E-state index contributed by atoms with van der Waals surface area (Å²) >= 11 is 6.09. The normalized spacial score (nSPS) is 16.2. The van der Waals surface area contributed by atoms with Crippen molar-refractivity contribution < 1.29 is 4.79 Å². The Morgan fingerprint density at radius 3 is 2.75 bits per heavy atom. The van der Waals surface area contributed by atoms with Crippen molar-refractivity contribution in [2.75, 3.05) is 13.1 Å². The number of carbonyl (C=O) groups excluding carboxylic acids is 1. The van der Waals surface area contributed by atoms with Gasteiger partial charge < -0.3 is 5.32 Å². The Hall–Kier alpha value is -0.870. The molecule has 0 spiro atoms. The van der Waals surface area contributed by atoms with Crippen molar-refractivity contribution in [3.63, 3.8) is 0 Å². The largest absolute Gasteiger partial charge is 0.316 e. The van der Waals surface area contributed by atoms with Crippen molar-refractivity contribution >= 4 is 17.4 Å². The van der Waals surface area contributed by atoms with Gasteiger partial charge in [0.2, 0.25) is 0 Å². The number of carbonyl (C=O) groups is 1. The lowest BCUT2D eigenvalue weighted by Crippen LogP contribution is -2.43. The highest BCUT2D eigenvalue weighted by Gasteiger charge is 2.22. The molecule has 0 bridgehead atoms. The van der Waals surface area contributed by atoms with Gasteiger partial charge >= 0.3 is 0 Å². The van der Waals surface area contributed by atoms with Crippen LogP contribution in [0.2, 0.25) is 5.02 Å². The number of halogens is 1. The van der Waals surface area contributed by atoms with E-state index in [1.54, 1.807) is 4.68 Å². The number of hydrogen-bond donors (Lipinski definition) is 1. The molecule has 0 aliphatic carbocycles. The van der Waals surface area contributed by atoms with Gasteiger partial charge in [-0.1, -0.05) is 11.6 Å². The summed E-state index contributed by atoms with van der Waals surface area (Å²) in [6, 6.07) is 0. The van der Waals surface area contributed by atoms with Crippen LogP contribution in [0.3, 0.4) is 0 Å². The standard InChI is InChI=1S/C11H16ClN3O/c1-7-11(12)10(15(2)14-7)4-9(16)3-8-5-13-6-8/h8,13H,3-6H2,1-2H3. The molecule has 0 atom stereocenters. The van der Waals surface area contributed by atoms with E-state index in [4.69, 9.17) is 11.6 Å². The molecule has 0 unspecified atom stereocenters. The summed E-state index contributed by atoms with van der Waals surface area (Å²) in [5.41, 5.74) is 1.62. The number of hydrogen-bond acceptors (Lipinski definition) is 3. The van der Waals surface area contributed by atoms with Crippen molar-refractivity contribution in [2.45, 2.75) is 19.8 Å². The SMILES string of the molecule is Cc1nn(C)c(CC(=O)CC2CNC2)c1Cl. The molecule has 0 aromatic carbocycles. The lowest BCUT2D eigenvalue weighted by Gasteiger charge is -2.26. The minimum atomic E-state index is 0.247. The maximum absolute atomic E-state index is 11.8. The molecule has 4 nitrogen and oxygen atoms in total. The number of rotatable bonds is 4. The van der Waals surface area contributed by atoms with Gasteiger partial charge in [-0.2, -0.15) is 5.10 Å². The summed E-state index contributed by atoms with van der Waals surface area (Å²) in [5, 5.41) is 7.99. The molecule has 16 heavy (non-hydrogen) atoms. The van der Waals surface area contributed by atoms with E-state index < -0.39 is 0 Å². The lowest BCUT2D eigenvalue weighted by molar-refractivity contribution is -0.119. The summed E-state index contributed by atoms with van der Waals surface area (Å²) in [5.74, 6) is 0.761. The third-order valence-electron chi connectivity index (χ3n) is 3.01. The van der Waals surface area contributed by atoms with Crippen LogP contribution in [0, 0.1) is 12.8 Å². The monoisotopic (exact) mass is 241 g/mol. The van der Waals surface area contributed by atoms with Gasteiger partial charge in [-0.3, -0.25) is 9.48 Å². The van der Waals surface area contributed by atoms with Crippen LogP contribution in [0.4, 0.5) is 0 Å². The molecule has 2 heterocycles. The third-order valence-corrected chi connectivity index (χ3v) is 3.50. The Bertz CT molecular complexity index is 410. The molecular weight excluding hydrogens is 226 g/mol. The maximum atomic E-state index is 11.8. The van der Waals surface area contributed by atoms with Crippen molar-refractivity contribution in [3.05, 3.63) is 16.4 Å². The molecule has 1 aliphatic rings. The van der Waals surface area contributed by atoms with Gasteiger partial charge in [0, 0.05) is 19.9 Å². The van der Waals surface area contributed by atoms with Crippen LogP contribution >= 0.6 is 11.6 Å². The number of nitrogens with zero attached hydrogens (tertiary/aromatic N) is 2. The summed E-state index contributed by atoms with van der Waals surface area (Å²) in [7, 11) is 1.83. The molecule has 1 fully saturated rings. The van der Waals surface area contributed by atoms with Gasteiger partial charge in [0.05, 0.1) is 16.4 Å². The van der Waals surface area contributed by atoms with Crippen LogP contribution < -0.4 is 5.32 Å². The fourth-order valence-electron chi connectivity index (χ4n) is 1.95. The first-order valence-electron chi connectivity index (χ1n) is 5.48.